The van der Waals surface area contributed by atoms with Gasteiger partial charge in [-0.05, 0) is 37.7 Å². The van der Waals surface area contributed by atoms with Crippen molar-refractivity contribution in [3.63, 3.8) is 0 Å². The molecule has 1 aromatic rings. The highest BCUT2D eigenvalue weighted by Crippen LogP contribution is 2.34. The van der Waals surface area contributed by atoms with E-state index >= 15 is 0 Å². The van der Waals surface area contributed by atoms with Gasteiger partial charge in [-0.15, -0.1) is 0 Å². The van der Waals surface area contributed by atoms with Crippen LogP contribution in [-0.2, 0) is 4.74 Å². The first-order valence-corrected chi connectivity index (χ1v) is 8.96. The smallest absolute Gasteiger partial charge is 0.257 e. The normalized spacial score (nSPS) is 28.3. The summed E-state index contributed by atoms with van der Waals surface area (Å²) in [5.74, 6) is -0.00165. The van der Waals surface area contributed by atoms with Crippen molar-refractivity contribution >= 4 is 5.91 Å². The molecule has 3 aliphatic heterocycles. The number of hydrogen-bond acceptors (Lipinski definition) is 4. The highest BCUT2D eigenvalue weighted by Gasteiger charge is 2.45. The Bertz CT molecular complexity index is 606. The first-order valence-electron chi connectivity index (χ1n) is 8.96. The van der Waals surface area contributed by atoms with Gasteiger partial charge in [-0.25, -0.2) is 4.39 Å². The van der Waals surface area contributed by atoms with E-state index in [9.17, 15) is 9.18 Å². The van der Waals surface area contributed by atoms with Crippen LogP contribution in [0.2, 0.25) is 0 Å². The van der Waals surface area contributed by atoms with E-state index in [-0.39, 0.29) is 17.5 Å². The van der Waals surface area contributed by atoms with Gasteiger partial charge in [0.15, 0.2) is 5.82 Å². The molecule has 3 fully saturated rings. The summed E-state index contributed by atoms with van der Waals surface area (Å²) in [7, 11) is 0. The molecule has 1 aromatic heterocycles. The molecule has 3 saturated heterocycles. The topological polar surface area (TPSA) is 45.7 Å². The minimum atomic E-state index is -0.525. The van der Waals surface area contributed by atoms with E-state index in [4.69, 9.17) is 4.74 Å². The summed E-state index contributed by atoms with van der Waals surface area (Å²) in [5.41, 5.74) is 0.147. The Morgan fingerprint density at radius 1 is 1.21 bits per heavy atom. The van der Waals surface area contributed by atoms with Crippen molar-refractivity contribution in [3.05, 3.63) is 29.8 Å². The zero-order valence-corrected chi connectivity index (χ0v) is 13.9. The van der Waals surface area contributed by atoms with Gasteiger partial charge in [0, 0.05) is 51.1 Å². The van der Waals surface area contributed by atoms with Crippen molar-refractivity contribution in [1.29, 1.82) is 0 Å². The number of halogens is 1. The molecule has 0 spiro atoms. The Kier molecular flexibility index (Phi) is 4.50. The number of aromatic nitrogens is 1. The van der Waals surface area contributed by atoms with E-state index in [2.05, 4.69) is 9.88 Å². The van der Waals surface area contributed by atoms with Crippen molar-refractivity contribution in [2.75, 3.05) is 32.8 Å². The van der Waals surface area contributed by atoms with E-state index in [1.165, 1.54) is 12.3 Å². The second-order valence-corrected chi connectivity index (χ2v) is 7.12. The van der Waals surface area contributed by atoms with Gasteiger partial charge in [0.25, 0.3) is 5.91 Å². The van der Waals surface area contributed by atoms with Gasteiger partial charge in [0.05, 0.1) is 11.8 Å². The molecule has 6 heteroatoms. The Labute approximate surface area is 141 Å². The lowest BCUT2D eigenvalue weighted by molar-refractivity contribution is 0.0502. The first kappa shape index (κ1) is 16.0. The fourth-order valence-electron chi connectivity index (χ4n) is 4.52. The van der Waals surface area contributed by atoms with E-state index < -0.39 is 5.82 Å². The molecule has 130 valence electrons. The van der Waals surface area contributed by atoms with E-state index in [1.54, 1.807) is 0 Å². The SMILES string of the molecule is O=C(c1ccncc1F)N1CC[C@@H]2[C@H]1CCN2CC1CCOCC1. The standard InChI is InChI=1S/C18H24FN3O2/c19-15-11-20-6-1-14(15)18(23)22-8-3-16-17(22)2-7-21(16)12-13-4-9-24-10-5-13/h1,6,11,13,16-17H,2-5,7-10,12H2/t16-,17-/m1/s1. The van der Waals surface area contributed by atoms with Crippen LogP contribution in [0.15, 0.2) is 18.5 Å². The first-order chi connectivity index (χ1) is 11.7. The molecule has 5 nitrogen and oxygen atoms in total. The maximum absolute atomic E-state index is 13.9. The lowest BCUT2D eigenvalue weighted by Crippen LogP contribution is -2.41. The summed E-state index contributed by atoms with van der Waals surface area (Å²) in [5, 5.41) is 0. The van der Waals surface area contributed by atoms with Gasteiger partial charge in [-0.2, -0.15) is 0 Å². The third kappa shape index (κ3) is 2.93. The van der Waals surface area contributed by atoms with Gasteiger partial charge in [-0.3, -0.25) is 14.7 Å². The number of hydrogen-bond donors (Lipinski definition) is 0. The van der Waals surface area contributed by atoms with Crippen molar-refractivity contribution < 1.29 is 13.9 Å². The molecule has 0 unspecified atom stereocenters. The fourth-order valence-corrected chi connectivity index (χ4v) is 4.52. The minimum Gasteiger partial charge on any atom is -0.381 e. The van der Waals surface area contributed by atoms with Crippen LogP contribution in [0.1, 0.15) is 36.0 Å². The summed E-state index contributed by atoms with van der Waals surface area (Å²) in [6.07, 6.45) is 6.86. The Morgan fingerprint density at radius 3 is 2.79 bits per heavy atom. The lowest BCUT2D eigenvalue weighted by atomic mass is 9.99. The number of carbonyl (C=O) groups is 1. The summed E-state index contributed by atoms with van der Waals surface area (Å²) < 4.78 is 19.3. The minimum absolute atomic E-state index is 0.147. The zero-order chi connectivity index (χ0) is 16.5. The molecule has 0 bridgehead atoms. The van der Waals surface area contributed by atoms with Crippen LogP contribution < -0.4 is 0 Å². The van der Waals surface area contributed by atoms with Crippen LogP contribution in [0.25, 0.3) is 0 Å². The largest absolute Gasteiger partial charge is 0.381 e. The molecule has 2 atom stereocenters. The molecule has 0 aromatic carbocycles. The van der Waals surface area contributed by atoms with E-state index in [0.717, 1.165) is 64.7 Å². The van der Waals surface area contributed by atoms with Crippen LogP contribution in [-0.4, -0.2) is 65.6 Å². The van der Waals surface area contributed by atoms with Crippen LogP contribution in [0.4, 0.5) is 4.39 Å². The summed E-state index contributed by atoms with van der Waals surface area (Å²) in [6.45, 7) is 4.61. The highest BCUT2D eigenvalue weighted by atomic mass is 19.1. The average Bonchev–Trinajstić information content (AvgIpc) is 3.19. The Morgan fingerprint density at radius 2 is 2.00 bits per heavy atom. The Balaban J connectivity index is 1.42. The molecule has 24 heavy (non-hydrogen) atoms. The molecule has 3 aliphatic rings. The maximum atomic E-state index is 13.9. The second-order valence-electron chi connectivity index (χ2n) is 7.12. The number of fused-ring (bicyclic) bond motifs is 1. The monoisotopic (exact) mass is 333 g/mol. The van der Waals surface area contributed by atoms with Gasteiger partial charge in [0.2, 0.25) is 0 Å². The van der Waals surface area contributed by atoms with Crippen LogP contribution >= 0.6 is 0 Å². The third-order valence-electron chi connectivity index (χ3n) is 5.79. The predicted molar refractivity (Wildman–Crippen MR) is 87.2 cm³/mol. The molecule has 0 radical (unpaired) electrons. The van der Waals surface area contributed by atoms with Gasteiger partial charge in [-0.1, -0.05) is 0 Å². The summed E-state index contributed by atoms with van der Waals surface area (Å²) in [6, 6.07) is 2.14. The van der Waals surface area contributed by atoms with Gasteiger partial charge >= 0.3 is 0 Å². The number of pyridine rings is 1. The van der Waals surface area contributed by atoms with Crippen molar-refractivity contribution in [3.8, 4) is 0 Å². The zero-order valence-electron chi connectivity index (χ0n) is 13.9. The number of amides is 1. The van der Waals surface area contributed by atoms with Gasteiger partial charge < -0.3 is 9.64 Å². The van der Waals surface area contributed by atoms with Crippen LogP contribution in [0.5, 0.6) is 0 Å². The highest BCUT2D eigenvalue weighted by molar-refractivity contribution is 5.94. The van der Waals surface area contributed by atoms with Crippen molar-refractivity contribution in [1.82, 2.24) is 14.8 Å². The Hall–Kier alpha value is -1.53. The van der Waals surface area contributed by atoms with E-state index in [0.29, 0.717) is 12.0 Å². The molecule has 4 rings (SSSR count). The molecule has 0 aliphatic carbocycles. The average molecular weight is 333 g/mol. The van der Waals surface area contributed by atoms with Crippen molar-refractivity contribution in [2.45, 2.75) is 37.8 Å². The molecular formula is C18H24FN3O2. The van der Waals surface area contributed by atoms with Crippen molar-refractivity contribution in [2.24, 2.45) is 5.92 Å². The quantitative estimate of drug-likeness (QED) is 0.848. The summed E-state index contributed by atoms with van der Waals surface area (Å²) in [4.78, 5) is 20.9. The third-order valence-corrected chi connectivity index (χ3v) is 5.79. The maximum Gasteiger partial charge on any atom is 0.257 e. The number of nitrogens with zero attached hydrogens (tertiary/aromatic N) is 3. The predicted octanol–water partition coefficient (Wildman–Crippen LogP) is 1.94. The number of likely N-dealkylation sites (tertiary alicyclic amines) is 2. The summed E-state index contributed by atoms with van der Waals surface area (Å²) >= 11 is 0. The second kappa shape index (κ2) is 6.76. The van der Waals surface area contributed by atoms with Crippen LogP contribution in [0, 0.1) is 11.7 Å². The molecule has 0 N–H and O–H groups in total. The van der Waals surface area contributed by atoms with Gasteiger partial charge in [0.1, 0.15) is 0 Å². The number of rotatable bonds is 3. The molecule has 1 amide bonds. The molecule has 4 heterocycles. The van der Waals surface area contributed by atoms with E-state index in [1.807, 2.05) is 4.90 Å². The molecule has 0 saturated carbocycles. The lowest BCUT2D eigenvalue weighted by Gasteiger charge is -2.30. The number of carbonyl (C=O) groups excluding carboxylic acids is 1. The number of ether oxygens (including phenoxy) is 1. The fraction of sp³-hybridized carbons (Fsp3) is 0.667. The molecular weight excluding hydrogens is 309 g/mol. The van der Waals surface area contributed by atoms with Crippen LogP contribution in [0.3, 0.4) is 0 Å².